The number of halogens is 1. The molecule has 2 aliphatic heterocycles. The van der Waals surface area contributed by atoms with E-state index in [0.717, 1.165) is 22.9 Å². The Morgan fingerprint density at radius 3 is 2.19 bits per heavy atom. The first-order chi connectivity index (χ1) is 12.4. The fraction of sp³-hybridized carbons (Fsp3) is 0.478. The minimum atomic E-state index is -1.14. The number of nitrogens with zero attached hydrogens (tertiary/aromatic N) is 1. The summed E-state index contributed by atoms with van der Waals surface area (Å²) in [6, 6.07) is 17.6. The van der Waals surface area contributed by atoms with Gasteiger partial charge >= 0.3 is 0 Å². The highest BCUT2D eigenvalue weighted by atomic mass is 19.1. The van der Waals surface area contributed by atoms with Crippen LogP contribution in [0.4, 0.5) is 4.39 Å². The largest absolute Gasteiger partial charge is 0.380 e. The van der Waals surface area contributed by atoms with Gasteiger partial charge in [-0.3, -0.25) is 0 Å². The van der Waals surface area contributed by atoms with Gasteiger partial charge in [-0.2, -0.15) is 0 Å². The van der Waals surface area contributed by atoms with Crippen molar-refractivity contribution in [1.82, 2.24) is 0 Å². The van der Waals surface area contributed by atoms with Gasteiger partial charge in [-0.25, -0.2) is 4.39 Å². The van der Waals surface area contributed by atoms with Crippen LogP contribution >= 0.6 is 0 Å². The van der Waals surface area contributed by atoms with Gasteiger partial charge in [0.25, 0.3) is 0 Å². The fourth-order valence-corrected chi connectivity index (χ4v) is 5.44. The van der Waals surface area contributed by atoms with Crippen molar-refractivity contribution in [2.24, 2.45) is 5.92 Å². The number of benzene rings is 2. The molecule has 0 radical (unpaired) electrons. The van der Waals surface area contributed by atoms with Crippen LogP contribution in [0, 0.1) is 11.7 Å². The Hall–Kier alpha value is -1.71. The van der Waals surface area contributed by atoms with Crippen LogP contribution in [0.1, 0.15) is 43.2 Å². The standard InChI is InChI=1S/C23H29FNO/c1-25(2)21-11-12-22(25)14-17(13-21)16-23(26,18-7-4-3-5-8-18)19-9-6-10-20(24)15-19/h3-10,15,17,21-22,26H,11-14,16H2,1-2H3/q+1. The minimum Gasteiger partial charge on any atom is -0.380 e. The molecular formula is C23H29FNO+. The van der Waals surface area contributed by atoms with Gasteiger partial charge in [0, 0.05) is 25.7 Å². The topological polar surface area (TPSA) is 20.2 Å². The number of fused-ring (bicyclic) bond motifs is 2. The van der Waals surface area contributed by atoms with Gasteiger partial charge in [-0.1, -0.05) is 42.5 Å². The van der Waals surface area contributed by atoms with Crippen molar-refractivity contribution < 1.29 is 14.0 Å². The highest BCUT2D eigenvalue weighted by Gasteiger charge is 2.50. The van der Waals surface area contributed by atoms with Crippen molar-refractivity contribution in [2.75, 3.05) is 14.1 Å². The van der Waals surface area contributed by atoms with Gasteiger partial charge in [0.1, 0.15) is 11.4 Å². The molecule has 2 heterocycles. The molecular weight excluding hydrogens is 325 g/mol. The summed E-state index contributed by atoms with van der Waals surface area (Å²) in [7, 11) is 4.71. The Morgan fingerprint density at radius 2 is 1.58 bits per heavy atom. The zero-order valence-corrected chi connectivity index (χ0v) is 15.7. The van der Waals surface area contributed by atoms with Crippen molar-refractivity contribution >= 4 is 0 Å². The number of quaternary nitrogens is 1. The molecule has 0 aromatic heterocycles. The van der Waals surface area contributed by atoms with Gasteiger partial charge in [-0.15, -0.1) is 0 Å². The van der Waals surface area contributed by atoms with Crippen LogP contribution in [0.5, 0.6) is 0 Å². The molecule has 0 amide bonds. The highest BCUT2D eigenvalue weighted by molar-refractivity contribution is 5.36. The Balaban J connectivity index is 1.67. The third-order valence-electron chi connectivity index (χ3n) is 7.06. The predicted molar refractivity (Wildman–Crippen MR) is 102 cm³/mol. The smallest absolute Gasteiger partial charge is 0.123 e. The van der Waals surface area contributed by atoms with E-state index in [4.69, 9.17) is 0 Å². The first-order valence-corrected chi connectivity index (χ1v) is 9.77. The van der Waals surface area contributed by atoms with Gasteiger partial charge in [-0.05, 0) is 35.6 Å². The van der Waals surface area contributed by atoms with Gasteiger partial charge in [0.2, 0.25) is 0 Å². The summed E-state index contributed by atoms with van der Waals surface area (Å²) in [5.41, 5.74) is 0.384. The SMILES string of the molecule is C[N+]1(C)C2CCC1CC(CC(O)(c1ccccc1)c1cccc(F)c1)C2. The third-order valence-corrected chi connectivity index (χ3v) is 7.06. The number of rotatable bonds is 4. The van der Waals surface area contributed by atoms with E-state index < -0.39 is 5.60 Å². The van der Waals surface area contributed by atoms with E-state index in [-0.39, 0.29) is 5.82 Å². The maximum atomic E-state index is 13.9. The lowest BCUT2D eigenvalue weighted by molar-refractivity contribution is -0.931. The molecule has 138 valence electrons. The summed E-state index contributed by atoms with van der Waals surface area (Å²) in [5.74, 6) is 0.172. The average molecular weight is 354 g/mol. The van der Waals surface area contributed by atoms with Crippen molar-refractivity contribution in [3.8, 4) is 0 Å². The number of aliphatic hydroxyl groups is 1. The molecule has 0 spiro atoms. The quantitative estimate of drug-likeness (QED) is 0.803. The second kappa shape index (κ2) is 6.47. The lowest BCUT2D eigenvalue weighted by atomic mass is 9.75. The lowest BCUT2D eigenvalue weighted by Gasteiger charge is -2.46. The molecule has 2 saturated heterocycles. The van der Waals surface area contributed by atoms with Crippen molar-refractivity contribution in [1.29, 1.82) is 0 Å². The van der Waals surface area contributed by atoms with E-state index in [1.165, 1.54) is 25.0 Å². The normalized spacial score (nSPS) is 29.3. The summed E-state index contributed by atoms with van der Waals surface area (Å²) in [4.78, 5) is 0. The van der Waals surface area contributed by atoms with Gasteiger partial charge < -0.3 is 9.59 Å². The first-order valence-electron chi connectivity index (χ1n) is 9.77. The maximum Gasteiger partial charge on any atom is 0.123 e. The van der Waals surface area contributed by atoms with E-state index >= 15 is 0 Å². The van der Waals surface area contributed by atoms with Crippen LogP contribution in [0.25, 0.3) is 0 Å². The summed E-state index contributed by atoms with van der Waals surface area (Å²) in [6.45, 7) is 0. The van der Waals surface area contributed by atoms with E-state index in [0.29, 0.717) is 30.0 Å². The molecule has 0 aliphatic carbocycles. The Morgan fingerprint density at radius 1 is 0.962 bits per heavy atom. The van der Waals surface area contributed by atoms with Gasteiger partial charge in [0.05, 0.1) is 26.2 Å². The maximum absolute atomic E-state index is 13.9. The highest BCUT2D eigenvalue weighted by Crippen LogP contribution is 2.47. The second-order valence-corrected chi connectivity index (χ2v) is 8.79. The number of hydrogen-bond acceptors (Lipinski definition) is 1. The Bertz CT molecular complexity index is 759. The van der Waals surface area contributed by atoms with Gasteiger partial charge in [0.15, 0.2) is 0 Å². The molecule has 2 bridgehead atoms. The van der Waals surface area contributed by atoms with Crippen LogP contribution < -0.4 is 0 Å². The number of hydrogen-bond donors (Lipinski definition) is 1. The Labute approximate surface area is 155 Å². The monoisotopic (exact) mass is 354 g/mol. The van der Waals surface area contributed by atoms with E-state index in [1.807, 2.05) is 36.4 Å². The summed E-state index contributed by atoms with van der Waals surface area (Å²) in [6.07, 6.45) is 5.53. The Kier molecular flexibility index (Phi) is 4.40. The van der Waals surface area contributed by atoms with Crippen molar-refractivity contribution in [2.45, 2.75) is 49.8 Å². The van der Waals surface area contributed by atoms with E-state index in [1.54, 1.807) is 6.07 Å². The minimum absolute atomic E-state index is 0.293. The van der Waals surface area contributed by atoms with Crippen LogP contribution in [-0.4, -0.2) is 35.8 Å². The molecule has 2 nitrogen and oxygen atoms in total. The molecule has 26 heavy (non-hydrogen) atoms. The second-order valence-electron chi connectivity index (χ2n) is 8.79. The molecule has 3 unspecified atom stereocenters. The third kappa shape index (κ3) is 2.97. The van der Waals surface area contributed by atoms with Crippen LogP contribution in [0.15, 0.2) is 54.6 Å². The van der Waals surface area contributed by atoms with E-state index in [2.05, 4.69) is 14.1 Å². The summed E-state index contributed by atoms with van der Waals surface area (Å²) >= 11 is 0. The zero-order valence-electron chi connectivity index (χ0n) is 15.7. The average Bonchev–Trinajstić information content (AvgIpc) is 2.79. The fourth-order valence-electron chi connectivity index (χ4n) is 5.44. The molecule has 4 rings (SSSR count). The molecule has 2 fully saturated rings. The van der Waals surface area contributed by atoms with E-state index in [9.17, 15) is 9.50 Å². The summed E-state index contributed by atoms with van der Waals surface area (Å²) < 4.78 is 15.0. The molecule has 2 aromatic carbocycles. The molecule has 3 atom stereocenters. The zero-order chi connectivity index (χ0) is 18.4. The number of piperidine rings is 1. The predicted octanol–water partition coefficient (Wildman–Crippen LogP) is 4.47. The molecule has 0 saturated carbocycles. The van der Waals surface area contributed by atoms with Crippen LogP contribution in [0.3, 0.4) is 0 Å². The lowest BCUT2D eigenvalue weighted by Crippen LogP contribution is -2.55. The molecule has 2 aromatic rings. The molecule has 3 heteroatoms. The molecule has 2 aliphatic rings. The molecule has 1 N–H and O–H groups in total. The van der Waals surface area contributed by atoms with Crippen LogP contribution in [0.2, 0.25) is 0 Å². The van der Waals surface area contributed by atoms with Crippen LogP contribution in [-0.2, 0) is 5.60 Å². The van der Waals surface area contributed by atoms with Crippen molar-refractivity contribution in [3.63, 3.8) is 0 Å². The first kappa shape index (κ1) is 17.7. The summed E-state index contributed by atoms with van der Waals surface area (Å²) in [5, 5.41) is 11.8. The van der Waals surface area contributed by atoms with Crippen molar-refractivity contribution in [3.05, 3.63) is 71.5 Å².